The first kappa shape index (κ1) is 131. The molecule has 9 aromatic carbocycles. The fourth-order valence-electron chi connectivity index (χ4n) is 9.86. The number of nitro groups is 3. The zero-order valence-corrected chi connectivity index (χ0v) is 92.5. The van der Waals surface area contributed by atoms with Crippen molar-refractivity contribution >= 4 is 167 Å². The molecule has 0 heterocycles. The van der Waals surface area contributed by atoms with Crippen molar-refractivity contribution in [1.29, 1.82) is 0 Å². The van der Waals surface area contributed by atoms with Crippen LogP contribution in [0.3, 0.4) is 0 Å². The summed E-state index contributed by atoms with van der Waals surface area (Å²) in [5.41, 5.74) is 11.5. The van der Waals surface area contributed by atoms with Gasteiger partial charge in [-0.25, -0.2) is 57.3 Å². The summed E-state index contributed by atoms with van der Waals surface area (Å²) in [7, 11) is 13.9. The topological polar surface area (TPSA) is 531 Å². The number of primary sulfonamides is 1. The van der Waals surface area contributed by atoms with Crippen LogP contribution < -0.4 is 20.4 Å². The Hall–Kier alpha value is -10.9. The summed E-state index contributed by atoms with van der Waals surface area (Å²) < 4.78 is 111. The summed E-state index contributed by atoms with van der Waals surface area (Å²) in [6.45, 7) is 27.7. The minimum absolute atomic E-state index is 0. The molecule has 0 aliphatic carbocycles. The van der Waals surface area contributed by atoms with E-state index in [1.165, 1.54) is 153 Å². The van der Waals surface area contributed by atoms with Gasteiger partial charge < -0.3 is 45.1 Å². The third-order valence-electron chi connectivity index (χ3n) is 19.2. The van der Waals surface area contributed by atoms with Gasteiger partial charge in [-0.15, -0.1) is 12.4 Å². The summed E-state index contributed by atoms with van der Waals surface area (Å²) in [5.74, 6) is -1.64. The lowest BCUT2D eigenvalue weighted by molar-refractivity contribution is -0.385. The maximum atomic E-state index is 12.8. The highest BCUT2D eigenvalue weighted by atomic mass is 35.7. The molecule has 0 aromatic heterocycles. The number of carbonyl (C=O) groups is 6. The highest BCUT2D eigenvalue weighted by Crippen LogP contribution is 2.38. The van der Waals surface area contributed by atoms with E-state index in [0.717, 1.165) is 42.9 Å². The number of benzene rings is 9. The number of carbonyl (C=O) groups excluding carboxylic acids is 5. The first-order chi connectivity index (χ1) is 63.5. The van der Waals surface area contributed by atoms with Crippen LogP contribution in [0.15, 0.2) is 247 Å². The number of non-ortho nitro benzene ring substituents is 3. The maximum absolute atomic E-state index is 12.8. The van der Waals surface area contributed by atoms with E-state index in [9.17, 15) is 97.0 Å². The van der Waals surface area contributed by atoms with Crippen LogP contribution in [0, 0.1) is 30.3 Å². The van der Waals surface area contributed by atoms with Crippen LogP contribution in [0.4, 0.5) is 22.7 Å². The Morgan fingerprint density at radius 1 is 0.386 bits per heavy atom. The van der Waals surface area contributed by atoms with Crippen LogP contribution in [-0.2, 0) is 67.7 Å². The van der Waals surface area contributed by atoms with Gasteiger partial charge in [0.2, 0.25) is 20.0 Å². The number of sulfonamides is 2. The average molecular weight is 2160 g/mol. The predicted molar refractivity (Wildman–Crippen MR) is 562 cm³/mol. The second-order valence-corrected chi connectivity index (χ2v) is 56.2. The fraction of sp³-hybridized carbons (Fsp3) is 0.348. The number of halogens is 4. The van der Waals surface area contributed by atoms with Crippen molar-refractivity contribution in [2.75, 3.05) is 104 Å². The number of aromatic carboxylic acids is 1. The Morgan fingerprint density at radius 3 is 0.829 bits per heavy atom. The largest absolute Gasteiger partial charge is 0.478 e. The molecule has 0 fully saturated rings. The number of nitro benzene ring substituents is 3. The summed E-state index contributed by atoms with van der Waals surface area (Å²) in [6.07, 6.45) is 1.25. The van der Waals surface area contributed by atoms with E-state index in [-0.39, 0.29) is 89.0 Å². The molecule has 0 aliphatic heterocycles. The Kier molecular flexibility index (Phi) is 55.4. The van der Waals surface area contributed by atoms with Gasteiger partial charge in [0.05, 0.1) is 44.8 Å². The number of nitrogens with one attached hydrogen (secondary N) is 1. The number of hydrogen-bond donors (Lipinski definition) is 5. The van der Waals surface area contributed by atoms with Gasteiger partial charge in [-0.1, -0.05) is 111 Å². The lowest BCUT2D eigenvalue weighted by Gasteiger charge is -2.36. The van der Waals surface area contributed by atoms with Crippen LogP contribution in [-0.4, -0.2) is 242 Å². The van der Waals surface area contributed by atoms with Gasteiger partial charge in [-0.2, -0.15) is 0 Å². The van der Waals surface area contributed by atoms with Crippen LogP contribution >= 0.6 is 45.4 Å². The molecule has 48 heteroatoms. The number of hydrogen-bond acceptors (Lipinski definition) is 26. The van der Waals surface area contributed by atoms with Gasteiger partial charge in [0.25, 0.3) is 64.0 Å². The molecule has 140 heavy (non-hydrogen) atoms. The smallest absolute Gasteiger partial charge is 0.335 e. The third-order valence-corrected chi connectivity index (χ3v) is 38.4. The molecule has 0 saturated carbocycles. The molecule has 0 radical (unpaired) electrons. The van der Waals surface area contributed by atoms with Crippen molar-refractivity contribution in [1.82, 2.24) is 38.7 Å². The van der Waals surface area contributed by atoms with Crippen LogP contribution in [0.1, 0.15) is 141 Å². The maximum Gasteiger partial charge on any atom is 0.335 e. The van der Waals surface area contributed by atoms with E-state index < -0.39 is 90.5 Å². The van der Waals surface area contributed by atoms with Gasteiger partial charge in [-0.3, -0.25) is 58.3 Å². The predicted octanol–water partition coefficient (Wildman–Crippen LogP) is 16.9. The number of rotatable bonds is 23. The van der Waals surface area contributed by atoms with Crippen LogP contribution in [0.5, 0.6) is 0 Å². The molecular weight excluding hydrogens is 2030 g/mol. The number of nitrogens with zero attached hydrogens (tertiary/aromatic N) is 11. The highest BCUT2D eigenvalue weighted by Gasteiger charge is 2.40. The molecule has 772 valence electrons. The van der Waals surface area contributed by atoms with Crippen molar-refractivity contribution in [2.24, 2.45) is 14.3 Å². The van der Waals surface area contributed by atoms with E-state index >= 15 is 0 Å². The molecular formula is C92H131Cl4N15O22S5Si2. The molecule has 4 amide bonds. The monoisotopic (exact) mass is 2150 g/mol. The summed E-state index contributed by atoms with van der Waals surface area (Å²) in [5, 5.41) is 49.5. The molecule has 9 rings (SSSR count). The van der Waals surface area contributed by atoms with Gasteiger partial charge >= 0.3 is 5.97 Å². The molecule has 0 spiro atoms. The number of anilines is 1. The van der Waals surface area contributed by atoms with E-state index in [1.54, 1.807) is 105 Å². The molecule has 1 atom stereocenters. The number of amides is 4. The van der Waals surface area contributed by atoms with Crippen molar-refractivity contribution in [2.45, 2.75) is 142 Å². The van der Waals surface area contributed by atoms with Crippen molar-refractivity contribution in [3.8, 4) is 0 Å². The Morgan fingerprint density at radius 2 is 0.614 bits per heavy atom. The van der Waals surface area contributed by atoms with Gasteiger partial charge in [-0.05, 0) is 239 Å². The number of nitrogen functional groups attached to an aromatic ring is 1. The van der Waals surface area contributed by atoms with Gasteiger partial charge in [0.15, 0.2) is 8.24 Å². The van der Waals surface area contributed by atoms with Crippen molar-refractivity contribution in [3.05, 3.63) is 299 Å². The lowest BCUT2D eigenvalue weighted by atomic mass is 10.2. The van der Waals surface area contributed by atoms with Crippen LogP contribution in [0.2, 0.25) is 36.3 Å². The SMILES string of the molecule is CCC.CN(C)C(=O)c1ccc(N)cc1.CN(C)C(=O)c1ccc(S(=O)(=O)Cl)cc1.CN(C)C(=O)c1ccc(S(=O)(=O)Cl)cc1.CN(C)C(=O)c1ccc([N+](=O)[O-])cc1.CN(C)Cc1ccc(S(=O)(=O)N[Si](C)(C)C(C)(C)C)cc1.CN(C)Cc1ccc(S(N)(=O)=N[Si](C)(C)C(C)(C)C)cc1.CN(C)Cc1ccc(S(N)(=O)=O)cc1.Cl.O=C(Cl)c1ccc([N+](=O)[O-])cc1.O=C(O)c1ccc([N+](=O)[O-])cc1. The highest BCUT2D eigenvalue weighted by molar-refractivity contribution is 8.14. The zero-order valence-electron chi connectivity index (χ0n) is 83.4. The summed E-state index contributed by atoms with van der Waals surface area (Å²) in [4.78, 5) is 108. The summed E-state index contributed by atoms with van der Waals surface area (Å²) in [6, 6.07) is 54.5. The summed E-state index contributed by atoms with van der Waals surface area (Å²) >= 11 is 5.13. The van der Waals surface area contributed by atoms with Crippen LogP contribution in [0.25, 0.3) is 0 Å². The quantitative estimate of drug-likeness (QED) is 0.0130. The molecule has 0 aliphatic rings. The molecule has 0 saturated heterocycles. The Bertz CT molecular complexity index is 5940. The molecule has 8 N–H and O–H groups in total. The van der Waals surface area contributed by atoms with Crippen molar-refractivity contribution in [3.63, 3.8) is 0 Å². The zero-order chi connectivity index (χ0) is 108. The second kappa shape index (κ2) is 59.1. The standard InChI is InChI=1S/C15H29N3OSSi.C15H28N2O2SSi.2C9H10ClNO3S.C9H10N2O3.C9H14N2O2S.C9H12N2O.C7H4ClNO3.C7H5NO4.C3H8.ClH/c1-15(2,3)21(6,7)17-20(16,19)14-10-8-13(9-11-14)12-18(4)5;1-15(2,3)21(6,7)16-20(18,19)14-10-8-13(9-11-14)12-17(4)5;2*1-11(2)9(12)7-3-5-8(6-4-7)15(10,13)14;1-10(2)9(12)7-3-5-8(6-4-7)11(13)14;1-11(2)7-8-3-5-9(6-4-8)14(10,12)13;1-11(2)9(12)7-3-5-8(10)6-4-7;8-7(10)5-1-3-6(4-2-5)9(11)12;9-7(10)5-1-3-6(4-2-5)8(11)12;1-3-2;/h8-11H,12H2,1-7H3,(H2,16,17,19);8-11,16H,12H2,1-7H3;2*3-6H,1-2H3;3-6H,1-2H3;3-6H,7H2,1-2H3,(H2,10,12,13);3-6H,10H2,1-2H3;1-4H;1-4H,(H,9,10);3H2,1-2H3;1H. The molecule has 9 aromatic rings. The normalized spacial score (nSPS) is 11.5. The van der Waals surface area contributed by atoms with Crippen molar-refractivity contribution < 1.29 is 86.5 Å². The molecule has 1 unspecified atom stereocenters. The first-order valence-corrected chi connectivity index (χ1v) is 57.4. The Labute approximate surface area is 846 Å². The minimum atomic E-state index is -3.72. The van der Waals surface area contributed by atoms with Gasteiger partial charge in [0, 0.05) is 167 Å². The number of carboxylic acid groups (broad SMARTS) is 1. The Balaban J connectivity index is 0. The van der Waals surface area contributed by atoms with E-state index in [2.05, 4.69) is 86.7 Å². The number of carboxylic acids is 1. The fourth-order valence-corrected chi connectivity index (χ4v) is 21.7. The minimum Gasteiger partial charge on any atom is -0.478 e. The number of nitrogens with two attached hydrogens (primary N) is 3. The average Bonchev–Trinajstić information content (AvgIpc) is 0.794. The van der Waals surface area contributed by atoms with Gasteiger partial charge in [0.1, 0.15) is 18.2 Å². The van der Waals surface area contributed by atoms with E-state index in [4.69, 9.17) is 54.1 Å². The lowest BCUT2D eigenvalue weighted by Crippen LogP contribution is -2.54. The molecule has 0 bridgehead atoms. The first-order valence-electron chi connectivity index (χ1n) is 41.8. The second-order valence-electron chi connectivity index (χ2n) is 35.2. The third kappa shape index (κ3) is 49.0. The van der Waals surface area contributed by atoms with E-state index in [1.807, 2.05) is 96.7 Å². The molecule has 37 nitrogen and oxygen atoms in total. The van der Waals surface area contributed by atoms with E-state index in [0.29, 0.717) is 37.7 Å².